The molecule has 0 unspecified atom stereocenters. The van der Waals surface area contributed by atoms with Gasteiger partial charge in [0.1, 0.15) is 12.4 Å². The monoisotopic (exact) mass is 494 g/mol. The number of amides is 2. The molecule has 10 heteroatoms. The maximum absolute atomic E-state index is 13.4. The van der Waals surface area contributed by atoms with Gasteiger partial charge in [-0.15, -0.1) is 10.2 Å². The number of para-hydroxylation sites is 2. The topological polar surface area (TPSA) is 84.5 Å². The summed E-state index contributed by atoms with van der Waals surface area (Å²) in [6.45, 7) is 4.40. The van der Waals surface area contributed by atoms with Gasteiger partial charge in [0.15, 0.2) is 5.16 Å². The van der Waals surface area contributed by atoms with Crippen LogP contribution in [0.1, 0.15) is 33.1 Å². The van der Waals surface area contributed by atoms with E-state index in [2.05, 4.69) is 29.4 Å². The summed E-state index contributed by atoms with van der Waals surface area (Å²) in [5.74, 6) is 0.161. The Labute approximate surface area is 206 Å². The molecule has 0 bridgehead atoms. The number of aromatic nitrogens is 4. The van der Waals surface area contributed by atoms with Crippen LogP contribution in [0, 0.1) is 5.82 Å². The average Bonchev–Trinajstić information content (AvgIpc) is 3.38. The predicted molar refractivity (Wildman–Crippen MR) is 134 cm³/mol. The minimum Gasteiger partial charge on any atom is -0.336 e. The van der Waals surface area contributed by atoms with Gasteiger partial charge < -0.3 is 10.2 Å². The van der Waals surface area contributed by atoms with Gasteiger partial charge in [-0.05, 0) is 69.5 Å². The lowest BCUT2D eigenvalue weighted by molar-refractivity contribution is -0.137. The van der Waals surface area contributed by atoms with E-state index in [0.29, 0.717) is 16.6 Å². The highest BCUT2D eigenvalue weighted by atomic mass is 32.2. The van der Waals surface area contributed by atoms with Crippen molar-refractivity contribution in [3.8, 4) is 0 Å². The van der Waals surface area contributed by atoms with Gasteiger partial charge in [0, 0.05) is 17.8 Å². The Morgan fingerprint density at radius 1 is 1.03 bits per heavy atom. The van der Waals surface area contributed by atoms with Crippen molar-refractivity contribution in [1.29, 1.82) is 0 Å². The molecular weight excluding hydrogens is 467 g/mol. The number of benzene rings is 2. The first kappa shape index (κ1) is 23.3. The summed E-state index contributed by atoms with van der Waals surface area (Å²) in [6, 6.07) is 13.9. The summed E-state index contributed by atoms with van der Waals surface area (Å²) in [5.41, 5.74) is 2.29. The van der Waals surface area contributed by atoms with Crippen molar-refractivity contribution >= 4 is 46.1 Å². The van der Waals surface area contributed by atoms with Crippen molar-refractivity contribution < 1.29 is 14.0 Å². The van der Waals surface area contributed by atoms with E-state index in [1.54, 1.807) is 0 Å². The first-order chi connectivity index (χ1) is 16.9. The van der Waals surface area contributed by atoms with Crippen LogP contribution < -0.4 is 5.32 Å². The van der Waals surface area contributed by atoms with Crippen molar-refractivity contribution in [1.82, 2.24) is 24.1 Å². The highest BCUT2D eigenvalue weighted by molar-refractivity contribution is 7.99. The number of likely N-dealkylation sites (tertiary alicyclic amines) is 1. The molecule has 1 N–H and O–H groups in total. The highest BCUT2D eigenvalue weighted by Gasteiger charge is 2.30. The Morgan fingerprint density at radius 2 is 1.71 bits per heavy atom. The number of halogens is 1. The molecule has 1 aliphatic heterocycles. The minimum atomic E-state index is -0.359. The zero-order valence-corrected chi connectivity index (χ0v) is 20.5. The summed E-state index contributed by atoms with van der Waals surface area (Å²) in [6.07, 6.45) is 3.18. The lowest BCUT2D eigenvalue weighted by Gasteiger charge is -2.39. The molecule has 4 aromatic rings. The zero-order valence-electron chi connectivity index (χ0n) is 19.6. The van der Waals surface area contributed by atoms with Crippen LogP contribution in [0.5, 0.6) is 0 Å². The zero-order chi connectivity index (χ0) is 24.5. The van der Waals surface area contributed by atoms with E-state index in [-0.39, 0.29) is 42.0 Å². The number of rotatable bonds is 6. The molecule has 1 fully saturated rings. The molecule has 3 heterocycles. The second kappa shape index (κ2) is 9.69. The van der Waals surface area contributed by atoms with Gasteiger partial charge >= 0.3 is 0 Å². The molecule has 1 saturated heterocycles. The number of nitrogens with one attached hydrogen (secondary N) is 1. The number of carbonyl (C=O) groups excluding carboxylic acids is 2. The standard InChI is InChI=1S/C25H27FN6O2S/c1-16-6-5-7-17(2)31(16)23(34)14-30-20-8-3-4-9-21(20)32-24(30)28-29-25(32)35-15-22(33)27-19-12-10-18(26)11-13-19/h3-4,8-13,16-17H,5-7,14-15H2,1-2H3,(H,27,33)/t16-,17-/m0/s1. The Bertz CT molecular complexity index is 1370. The number of nitrogens with zero attached hydrogens (tertiary/aromatic N) is 5. The van der Waals surface area contributed by atoms with Crippen molar-refractivity contribution in [3.05, 3.63) is 54.3 Å². The minimum absolute atomic E-state index is 0.0730. The third-order valence-corrected chi connectivity index (χ3v) is 7.44. The number of carbonyl (C=O) groups is 2. The fourth-order valence-corrected chi connectivity index (χ4v) is 5.62. The third kappa shape index (κ3) is 4.62. The maximum Gasteiger partial charge on any atom is 0.243 e. The summed E-state index contributed by atoms with van der Waals surface area (Å²) < 4.78 is 16.9. The number of anilines is 1. The van der Waals surface area contributed by atoms with Gasteiger partial charge in [-0.25, -0.2) is 4.39 Å². The van der Waals surface area contributed by atoms with Crippen LogP contribution in [-0.2, 0) is 16.1 Å². The number of fused-ring (bicyclic) bond motifs is 3. The fourth-order valence-electron chi connectivity index (χ4n) is 4.88. The van der Waals surface area contributed by atoms with Crippen molar-refractivity contribution in [2.24, 2.45) is 0 Å². The molecule has 0 radical (unpaired) electrons. The number of piperidine rings is 1. The van der Waals surface area contributed by atoms with E-state index in [4.69, 9.17) is 0 Å². The van der Waals surface area contributed by atoms with E-state index in [1.165, 1.54) is 36.0 Å². The molecule has 1 aliphatic rings. The summed E-state index contributed by atoms with van der Waals surface area (Å²) in [5, 5.41) is 12.0. The van der Waals surface area contributed by atoms with Gasteiger partial charge in [0.2, 0.25) is 17.6 Å². The summed E-state index contributed by atoms with van der Waals surface area (Å²) >= 11 is 1.26. The molecule has 2 amide bonds. The van der Waals surface area contributed by atoms with Crippen LogP contribution in [0.2, 0.25) is 0 Å². The number of hydrogen-bond acceptors (Lipinski definition) is 5. The molecule has 5 rings (SSSR count). The number of imidazole rings is 1. The van der Waals surface area contributed by atoms with Gasteiger partial charge in [0.05, 0.1) is 16.8 Å². The Balaban J connectivity index is 1.39. The smallest absolute Gasteiger partial charge is 0.243 e. The third-order valence-electron chi connectivity index (χ3n) is 6.51. The molecular formula is C25H27FN6O2S. The largest absolute Gasteiger partial charge is 0.336 e. The Hall–Kier alpha value is -3.40. The highest BCUT2D eigenvalue weighted by Crippen LogP contribution is 2.28. The second-order valence-electron chi connectivity index (χ2n) is 8.97. The van der Waals surface area contributed by atoms with Gasteiger partial charge in [-0.2, -0.15) is 0 Å². The molecule has 2 aromatic heterocycles. The molecule has 35 heavy (non-hydrogen) atoms. The quantitative estimate of drug-likeness (QED) is 0.403. The van der Waals surface area contributed by atoms with E-state index in [1.807, 2.05) is 38.1 Å². The van der Waals surface area contributed by atoms with E-state index in [9.17, 15) is 14.0 Å². The molecule has 0 aliphatic carbocycles. The second-order valence-corrected chi connectivity index (χ2v) is 9.91. The Kier molecular flexibility index (Phi) is 6.46. The van der Waals surface area contributed by atoms with Crippen LogP contribution >= 0.6 is 11.8 Å². The SMILES string of the molecule is C[C@H]1CCC[C@H](C)N1C(=O)Cn1c2ccccc2n2c(SCC(=O)Nc3ccc(F)cc3)nnc12. The van der Waals surface area contributed by atoms with E-state index in [0.717, 1.165) is 30.3 Å². The molecule has 2 atom stereocenters. The van der Waals surface area contributed by atoms with Crippen molar-refractivity contribution in [3.63, 3.8) is 0 Å². The molecule has 0 spiro atoms. The van der Waals surface area contributed by atoms with E-state index < -0.39 is 0 Å². The van der Waals surface area contributed by atoms with Gasteiger partial charge in [-0.3, -0.25) is 18.6 Å². The van der Waals surface area contributed by atoms with Crippen LogP contribution in [0.25, 0.3) is 16.8 Å². The average molecular weight is 495 g/mol. The number of hydrogen-bond donors (Lipinski definition) is 1. The van der Waals surface area contributed by atoms with Crippen LogP contribution in [0.4, 0.5) is 10.1 Å². The van der Waals surface area contributed by atoms with Crippen LogP contribution in [0.15, 0.2) is 53.7 Å². The first-order valence-corrected chi connectivity index (χ1v) is 12.7. The molecule has 0 saturated carbocycles. The summed E-state index contributed by atoms with van der Waals surface area (Å²) in [7, 11) is 0. The number of thioether (sulfide) groups is 1. The lowest BCUT2D eigenvalue weighted by atomic mass is 9.97. The molecule has 8 nitrogen and oxygen atoms in total. The molecule has 2 aromatic carbocycles. The first-order valence-electron chi connectivity index (χ1n) is 11.7. The predicted octanol–water partition coefficient (Wildman–Crippen LogP) is 4.34. The maximum atomic E-state index is 13.4. The van der Waals surface area contributed by atoms with Crippen LogP contribution in [-0.4, -0.2) is 53.7 Å². The van der Waals surface area contributed by atoms with Crippen molar-refractivity contribution in [2.45, 2.75) is 56.9 Å². The summed E-state index contributed by atoms with van der Waals surface area (Å²) in [4.78, 5) is 27.8. The van der Waals surface area contributed by atoms with Crippen molar-refractivity contribution in [2.75, 3.05) is 11.1 Å². The molecule has 182 valence electrons. The van der Waals surface area contributed by atoms with Gasteiger partial charge in [0.25, 0.3) is 0 Å². The lowest BCUT2D eigenvalue weighted by Crippen LogP contribution is -2.48. The Morgan fingerprint density at radius 3 is 2.43 bits per heavy atom. The van der Waals surface area contributed by atoms with Crippen LogP contribution in [0.3, 0.4) is 0 Å². The van der Waals surface area contributed by atoms with E-state index >= 15 is 0 Å². The fraction of sp³-hybridized carbons (Fsp3) is 0.360. The normalized spacial score (nSPS) is 18.3. The van der Waals surface area contributed by atoms with Gasteiger partial charge in [-0.1, -0.05) is 23.9 Å².